The van der Waals surface area contributed by atoms with Crippen molar-refractivity contribution in [3.8, 4) is 0 Å². The van der Waals surface area contributed by atoms with Crippen LogP contribution >= 0.6 is 0 Å². The zero-order valence-corrected chi connectivity index (χ0v) is 13.0. The molecule has 1 aliphatic carbocycles. The first-order chi connectivity index (χ1) is 9.48. The summed E-state index contributed by atoms with van der Waals surface area (Å²) in [5.74, 6) is 0.695. The van der Waals surface area contributed by atoms with Crippen LogP contribution in [0.5, 0.6) is 0 Å². The lowest BCUT2D eigenvalue weighted by molar-refractivity contribution is 0.109. The molecule has 1 aromatic rings. The van der Waals surface area contributed by atoms with E-state index in [0.717, 1.165) is 5.56 Å². The molecule has 3 nitrogen and oxygen atoms in total. The molecule has 1 aromatic heterocycles. The molecule has 0 amide bonds. The van der Waals surface area contributed by atoms with Gasteiger partial charge in [0.25, 0.3) is 0 Å². The van der Waals surface area contributed by atoms with Gasteiger partial charge in [-0.15, -0.1) is 0 Å². The van der Waals surface area contributed by atoms with Gasteiger partial charge >= 0.3 is 0 Å². The summed E-state index contributed by atoms with van der Waals surface area (Å²) in [6, 6.07) is 4.29. The fourth-order valence-corrected chi connectivity index (χ4v) is 3.38. The fourth-order valence-electron chi connectivity index (χ4n) is 3.38. The molecule has 0 saturated heterocycles. The van der Waals surface area contributed by atoms with E-state index in [1.165, 1.54) is 25.7 Å². The predicted molar refractivity (Wildman–Crippen MR) is 82.4 cm³/mol. The number of hydrogen-bond acceptors (Lipinski definition) is 3. The van der Waals surface area contributed by atoms with Crippen molar-refractivity contribution in [2.45, 2.75) is 58.6 Å². The summed E-state index contributed by atoms with van der Waals surface area (Å²) in [5.41, 5.74) is 1.27. The normalized spacial score (nSPS) is 25.4. The lowest BCUT2D eigenvalue weighted by atomic mass is 9.69. The van der Waals surface area contributed by atoms with E-state index in [0.29, 0.717) is 23.9 Å². The van der Waals surface area contributed by atoms with Crippen LogP contribution in [-0.2, 0) is 0 Å². The Balaban J connectivity index is 1.91. The molecule has 0 aliphatic heterocycles. The number of aliphatic hydroxyl groups excluding tert-OH is 1. The standard InChI is InChI=1S/C17H28N2O/c1-17(2,3)14-6-4-5-7-15(14)19-12-16(20)13-8-10-18-11-9-13/h8-11,14-16,19-20H,4-7,12H2,1-3H3. The smallest absolute Gasteiger partial charge is 0.0915 e. The SMILES string of the molecule is CC(C)(C)C1CCCCC1NCC(O)c1ccncc1. The van der Waals surface area contributed by atoms with Gasteiger partial charge in [0.2, 0.25) is 0 Å². The van der Waals surface area contributed by atoms with Gasteiger partial charge in [0.1, 0.15) is 0 Å². The number of aliphatic hydroxyl groups is 1. The van der Waals surface area contributed by atoms with Crippen molar-refractivity contribution in [1.29, 1.82) is 0 Å². The Bertz CT molecular complexity index is 399. The third-order valence-electron chi connectivity index (χ3n) is 4.54. The second-order valence-electron chi connectivity index (χ2n) is 7.07. The minimum Gasteiger partial charge on any atom is -0.387 e. The van der Waals surface area contributed by atoms with E-state index in [1.807, 2.05) is 12.1 Å². The Morgan fingerprint density at radius 1 is 1.25 bits per heavy atom. The molecule has 1 aliphatic rings. The van der Waals surface area contributed by atoms with E-state index in [9.17, 15) is 5.11 Å². The lowest BCUT2D eigenvalue weighted by Crippen LogP contribution is -2.45. The van der Waals surface area contributed by atoms with E-state index in [-0.39, 0.29) is 0 Å². The topological polar surface area (TPSA) is 45.1 Å². The Labute approximate surface area is 122 Å². The highest BCUT2D eigenvalue weighted by atomic mass is 16.3. The molecule has 0 radical (unpaired) electrons. The van der Waals surface area contributed by atoms with Crippen LogP contribution in [0.1, 0.15) is 58.1 Å². The van der Waals surface area contributed by atoms with Crippen molar-refractivity contribution in [1.82, 2.24) is 10.3 Å². The van der Waals surface area contributed by atoms with Gasteiger partial charge in [0, 0.05) is 25.0 Å². The Kier molecular flexibility index (Phi) is 5.17. The van der Waals surface area contributed by atoms with Crippen LogP contribution in [0.15, 0.2) is 24.5 Å². The maximum Gasteiger partial charge on any atom is 0.0915 e. The van der Waals surface area contributed by atoms with Gasteiger partial charge in [-0.2, -0.15) is 0 Å². The van der Waals surface area contributed by atoms with Crippen molar-refractivity contribution < 1.29 is 5.11 Å². The maximum absolute atomic E-state index is 10.2. The van der Waals surface area contributed by atoms with Gasteiger partial charge in [-0.25, -0.2) is 0 Å². The zero-order chi connectivity index (χ0) is 14.6. The number of rotatable bonds is 4. The molecule has 20 heavy (non-hydrogen) atoms. The molecule has 0 aromatic carbocycles. The Morgan fingerprint density at radius 3 is 2.55 bits per heavy atom. The number of hydrogen-bond donors (Lipinski definition) is 2. The molecule has 3 heteroatoms. The molecule has 0 spiro atoms. The second-order valence-corrected chi connectivity index (χ2v) is 7.07. The second kappa shape index (κ2) is 6.68. The van der Waals surface area contributed by atoms with Crippen LogP contribution in [0, 0.1) is 11.3 Å². The number of aromatic nitrogens is 1. The first kappa shape index (κ1) is 15.5. The predicted octanol–water partition coefficient (Wildman–Crippen LogP) is 3.31. The minimum absolute atomic E-state index is 0.333. The molecule has 2 N–H and O–H groups in total. The first-order valence-corrected chi connectivity index (χ1v) is 7.80. The van der Waals surface area contributed by atoms with E-state index in [4.69, 9.17) is 0 Å². The van der Waals surface area contributed by atoms with Crippen molar-refractivity contribution in [2.75, 3.05) is 6.54 Å². The monoisotopic (exact) mass is 276 g/mol. The quantitative estimate of drug-likeness (QED) is 0.887. The van der Waals surface area contributed by atoms with Gasteiger partial charge in [0.15, 0.2) is 0 Å². The molecule has 3 atom stereocenters. The summed E-state index contributed by atoms with van der Waals surface area (Å²) in [4.78, 5) is 3.99. The maximum atomic E-state index is 10.2. The van der Waals surface area contributed by atoms with Crippen molar-refractivity contribution >= 4 is 0 Å². The van der Waals surface area contributed by atoms with Gasteiger partial charge in [-0.05, 0) is 41.9 Å². The number of nitrogens with one attached hydrogen (secondary N) is 1. The highest BCUT2D eigenvalue weighted by Gasteiger charge is 2.33. The molecule has 0 bridgehead atoms. The third kappa shape index (κ3) is 4.03. The largest absolute Gasteiger partial charge is 0.387 e. The third-order valence-corrected chi connectivity index (χ3v) is 4.54. The van der Waals surface area contributed by atoms with E-state index < -0.39 is 6.10 Å². The average Bonchev–Trinajstić information content (AvgIpc) is 2.45. The zero-order valence-electron chi connectivity index (χ0n) is 13.0. The summed E-state index contributed by atoms with van der Waals surface area (Å²) in [7, 11) is 0. The lowest BCUT2D eigenvalue weighted by Gasteiger charge is -2.41. The molecular weight excluding hydrogens is 248 g/mol. The van der Waals surface area contributed by atoms with Gasteiger partial charge in [-0.1, -0.05) is 33.6 Å². The summed E-state index contributed by atoms with van der Waals surface area (Å²) >= 11 is 0. The van der Waals surface area contributed by atoms with Crippen LogP contribution in [0.25, 0.3) is 0 Å². The van der Waals surface area contributed by atoms with Crippen molar-refractivity contribution in [2.24, 2.45) is 11.3 Å². The Morgan fingerprint density at radius 2 is 1.90 bits per heavy atom. The van der Waals surface area contributed by atoms with Crippen LogP contribution in [-0.4, -0.2) is 22.7 Å². The van der Waals surface area contributed by atoms with Crippen molar-refractivity contribution in [3.05, 3.63) is 30.1 Å². The Hall–Kier alpha value is -0.930. The van der Waals surface area contributed by atoms with Crippen LogP contribution < -0.4 is 5.32 Å². The molecule has 112 valence electrons. The molecule has 2 rings (SSSR count). The number of pyridine rings is 1. The summed E-state index contributed by atoms with van der Waals surface area (Å²) < 4.78 is 0. The van der Waals surface area contributed by atoms with Gasteiger partial charge in [0.05, 0.1) is 6.10 Å². The summed E-state index contributed by atoms with van der Waals surface area (Å²) in [6.45, 7) is 7.62. The number of nitrogens with zero attached hydrogens (tertiary/aromatic N) is 1. The van der Waals surface area contributed by atoms with Gasteiger partial charge < -0.3 is 10.4 Å². The fraction of sp³-hybridized carbons (Fsp3) is 0.706. The highest BCUT2D eigenvalue weighted by Crippen LogP contribution is 2.38. The summed E-state index contributed by atoms with van der Waals surface area (Å²) in [5, 5.41) is 13.9. The molecule has 1 heterocycles. The molecular formula is C17H28N2O. The molecule has 1 saturated carbocycles. The molecule has 3 unspecified atom stereocenters. The summed E-state index contributed by atoms with van der Waals surface area (Å²) in [6.07, 6.45) is 8.19. The molecule has 1 fully saturated rings. The minimum atomic E-state index is -0.444. The van der Waals surface area contributed by atoms with E-state index >= 15 is 0 Å². The van der Waals surface area contributed by atoms with Gasteiger partial charge in [-0.3, -0.25) is 4.98 Å². The highest BCUT2D eigenvalue weighted by molar-refractivity contribution is 5.13. The first-order valence-electron chi connectivity index (χ1n) is 7.80. The van der Waals surface area contributed by atoms with E-state index in [2.05, 4.69) is 31.1 Å². The van der Waals surface area contributed by atoms with Crippen LogP contribution in [0.4, 0.5) is 0 Å². The average molecular weight is 276 g/mol. The van der Waals surface area contributed by atoms with E-state index in [1.54, 1.807) is 12.4 Å². The van der Waals surface area contributed by atoms with Crippen LogP contribution in [0.3, 0.4) is 0 Å². The van der Waals surface area contributed by atoms with Crippen molar-refractivity contribution in [3.63, 3.8) is 0 Å². The van der Waals surface area contributed by atoms with Crippen LogP contribution in [0.2, 0.25) is 0 Å².